The van der Waals surface area contributed by atoms with Crippen LogP contribution in [0, 0.1) is 11.3 Å². The van der Waals surface area contributed by atoms with E-state index in [0.717, 1.165) is 44.2 Å². The summed E-state index contributed by atoms with van der Waals surface area (Å²) in [4.78, 5) is 29.0. The van der Waals surface area contributed by atoms with Crippen LogP contribution >= 0.6 is 21.6 Å². The lowest BCUT2D eigenvalue weighted by atomic mass is 9.95. The van der Waals surface area contributed by atoms with Crippen LogP contribution in [-0.4, -0.2) is 84.7 Å². The van der Waals surface area contributed by atoms with Gasteiger partial charge in [0.2, 0.25) is 0 Å². The molecule has 29 heavy (non-hydrogen) atoms. The second-order valence-corrected chi connectivity index (χ2v) is 12.2. The number of hydrogen-bond acceptors (Lipinski definition) is 8. The van der Waals surface area contributed by atoms with Gasteiger partial charge >= 0.3 is 11.9 Å². The molecule has 2 rings (SSSR count). The van der Waals surface area contributed by atoms with Gasteiger partial charge in [-0.3, -0.25) is 14.5 Å². The van der Waals surface area contributed by atoms with E-state index in [4.69, 9.17) is 9.47 Å². The largest absolute Gasteiger partial charge is 0.465 e. The van der Waals surface area contributed by atoms with Gasteiger partial charge in [-0.2, -0.15) is 0 Å². The molecule has 6 nitrogen and oxygen atoms in total. The molecule has 2 aliphatic rings. The van der Waals surface area contributed by atoms with Gasteiger partial charge in [0, 0.05) is 56.2 Å². The van der Waals surface area contributed by atoms with Crippen molar-refractivity contribution in [2.45, 2.75) is 53.0 Å². The highest BCUT2D eigenvalue weighted by atomic mass is 33.1. The summed E-state index contributed by atoms with van der Waals surface area (Å²) in [6.07, 6.45) is 0.845. The van der Waals surface area contributed by atoms with E-state index in [0.29, 0.717) is 26.1 Å². The Labute approximate surface area is 184 Å². The van der Waals surface area contributed by atoms with Crippen LogP contribution in [0.25, 0.3) is 0 Å². The third-order valence-corrected chi connectivity index (χ3v) is 8.25. The number of esters is 2. The first-order valence-electron chi connectivity index (χ1n) is 10.6. The van der Waals surface area contributed by atoms with Gasteiger partial charge in [-0.25, -0.2) is 0 Å². The fourth-order valence-corrected chi connectivity index (χ4v) is 6.74. The number of nitrogens with zero attached hydrogens (tertiary/aromatic N) is 2. The molecular weight excluding hydrogens is 408 g/mol. The molecule has 0 bridgehead atoms. The number of ether oxygens (including phenoxy) is 2. The van der Waals surface area contributed by atoms with Crippen LogP contribution in [0.3, 0.4) is 0 Å². The third-order valence-electron chi connectivity index (χ3n) is 5.42. The van der Waals surface area contributed by atoms with E-state index in [1.54, 1.807) is 21.6 Å². The number of carbonyl (C=O) groups is 2. The van der Waals surface area contributed by atoms with Crippen molar-refractivity contribution in [2.24, 2.45) is 11.3 Å². The average Bonchev–Trinajstić information content (AvgIpc) is 3.11. The van der Waals surface area contributed by atoms with Gasteiger partial charge in [0.15, 0.2) is 0 Å². The first-order valence-corrected chi connectivity index (χ1v) is 13.1. The van der Waals surface area contributed by atoms with E-state index < -0.39 is 0 Å². The maximum absolute atomic E-state index is 12.3. The minimum absolute atomic E-state index is 0.155. The zero-order valence-corrected chi connectivity index (χ0v) is 20.3. The third kappa shape index (κ3) is 8.67. The Kier molecular flexibility index (Phi) is 9.64. The first kappa shape index (κ1) is 24.8. The first-order chi connectivity index (χ1) is 13.6. The van der Waals surface area contributed by atoms with Gasteiger partial charge in [0.1, 0.15) is 13.2 Å². The van der Waals surface area contributed by atoms with Gasteiger partial charge in [-0.1, -0.05) is 35.4 Å². The molecule has 0 unspecified atom stereocenters. The molecule has 0 saturated carbocycles. The highest BCUT2D eigenvalue weighted by Crippen LogP contribution is 2.43. The Morgan fingerprint density at radius 3 is 2.03 bits per heavy atom. The lowest BCUT2D eigenvalue weighted by molar-refractivity contribution is -0.152. The number of carbonyl (C=O) groups excluding carboxylic acids is 2. The summed E-state index contributed by atoms with van der Waals surface area (Å²) in [7, 11) is 3.52. The number of piperazine rings is 1. The zero-order chi connectivity index (χ0) is 21.5. The molecule has 168 valence electrons. The fraction of sp³-hybridized carbons (Fsp3) is 0.905. The van der Waals surface area contributed by atoms with Crippen LogP contribution in [-0.2, 0) is 19.1 Å². The Morgan fingerprint density at radius 1 is 0.966 bits per heavy atom. The standard InChI is InChI=1S/C21H38N2O4S2/c1-17(2)12-19(25)27-14-21(15-28-29-16-21)13-26-18(24)6-7-22-8-10-23(11-9-22)20(3,4)5/h17H,6-16H2,1-5H3. The Morgan fingerprint density at radius 2 is 1.52 bits per heavy atom. The molecule has 2 aliphatic heterocycles. The smallest absolute Gasteiger partial charge is 0.307 e. The highest BCUT2D eigenvalue weighted by molar-refractivity contribution is 8.77. The Bertz CT molecular complexity index is 537. The molecule has 0 radical (unpaired) electrons. The van der Waals surface area contributed by atoms with E-state index in [1.807, 2.05) is 13.8 Å². The van der Waals surface area contributed by atoms with E-state index >= 15 is 0 Å². The van der Waals surface area contributed by atoms with Crippen molar-refractivity contribution in [1.82, 2.24) is 9.80 Å². The summed E-state index contributed by atoms with van der Waals surface area (Å²) < 4.78 is 11.1. The van der Waals surface area contributed by atoms with Gasteiger partial charge < -0.3 is 14.4 Å². The maximum Gasteiger partial charge on any atom is 0.307 e. The fourth-order valence-electron chi connectivity index (χ4n) is 3.41. The van der Waals surface area contributed by atoms with Crippen LogP contribution in [0.2, 0.25) is 0 Å². The second kappa shape index (κ2) is 11.3. The molecule has 2 fully saturated rings. The summed E-state index contributed by atoms with van der Waals surface area (Å²) >= 11 is 0. The van der Waals surface area contributed by atoms with Crippen molar-refractivity contribution in [3.8, 4) is 0 Å². The van der Waals surface area contributed by atoms with Crippen molar-refractivity contribution in [2.75, 3.05) is 57.4 Å². The van der Waals surface area contributed by atoms with Gasteiger partial charge in [0.05, 0.1) is 11.8 Å². The summed E-state index contributed by atoms with van der Waals surface area (Å²) in [5.74, 6) is 1.65. The van der Waals surface area contributed by atoms with Crippen LogP contribution in [0.5, 0.6) is 0 Å². The number of rotatable bonds is 9. The highest BCUT2D eigenvalue weighted by Gasteiger charge is 2.38. The molecular formula is C21H38N2O4S2. The monoisotopic (exact) mass is 446 g/mol. The quantitative estimate of drug-likeness (QED) is 0.395. The minimum Gasteiger partial charge on any atom is -0.465 e. The topological polar surface area (TPSA) is 59.1 Å². The Balaban J connectivity index is 1.69. The molecule has 0 aliphatic carbocycles. The molecule has 0 aromatic rings. The predicted molar refractivity (Wildman–Crippen MR) is 121 cm³/mol. The molecule has 0 N–H and O–H groups in total. The molecule has 0 amide bonds. The lowest BCUT2D eigenvalue weighted by Crippen LogP contribution is -2.53. The lowest BCUT2D eigenvalue weighted by Gasteiger charge is -2.42. The molecule has 8 heteroatoms. The molecule has 0 atom stereocenters. The van der Waals surface area contributed by atoms with E-state index in [-0.39, 0.29) is 28.8 Å². The summed E-state index contributed by atoms with van der Waals surface area (Å²) in [6, 6.07) is 0. The normalized spacial score (nSPS) is 20.8. The van der Waals surface area contributed by atoms with Crippen LogP contribution in [0.1, 0.15) is 47.5 Å². The van der Waals surface area contributed by atoms with Crippen molar-refractivity contribution in [3.05, 3.63) is 0 Å². The van der Waals surface area contributed by atoms with Crippen LogP contribution in [0.4, 0.5) is 0 Å². The number of hydrogen-bond donors (Lipinski definition) is 0. The SMILES string of the molecule is CC(C)CC(=O)OCC1(COC(=O)CCN2CCN(C(C)(C)C)CC2)CSSC1. The van der Waals surface area contributed by atoms with Gasteiger partial charge in [-0.15, -0.1) is 0 Å². The van der Waals surface area contributed by atoms with Crippen molar-refractivity contribution < 1.29 is 19.1 Å². The average molecular weight is 447 g/mol. The summed E-state index contributed by atoms with van der Waals surface area (Å²) in [5, 5.41) is 0. The van der Waals surface area contributed by atoms with E-state index in [9.17, 15) is 9.59 Å². The van der Waals surface area contributed by atoms with Crippen molar-refractivity contribution >= 4 is 33.5 Å². The molecule has 0 aromatic carbocycles. The molecule has 0 spiro atoms. The van der Waals surface area contributed by atoms with Crippen molar-refractivity contribution in [1.29, 1.82) is 0 Å². The van der Waals surface area contributed by atoms with E-state index in [1.165, 1.54) is 0 Å². The summed E-state index contributed by atoms with van der Waals surface area (Å²) in [6.45, 7) is 16.2. The Hall–Kier alpha value is -0.440. The van der Waals surface area contributed by atoms with Gasteiger partial charge in [0.25, 0.3) is 0 Å². The van der Waals surface area contributed by atoms with Crippen LogP contribution in [0.15, 0.2) is 0 Å². The predicted octanol–water partition coefficient (Wildman–Crippen LogP) is 3.31. The zero-order valence-electron chi connectivity index (χ0n) is 18.7. The minimum atomic E-state index is -0.254. The van der Waals surface area contributed by atoms with E-state index in [2.05, 4.69) is 30.6 Å². The molecule has 0 aromatic heterocycles. The maximum atomic E-state index is 12.3. The van der Waals surface area contributed by atoms with Crippen molar-refractivity contribution in [3.63, 3.8) is 0 Å². The van der Waals surface area contributed by atoms with Crippen LogP contribution < -0.4 is 0 Å². The summed E-state index contributed by atoms with van der Waals surface area (Å²) in [5.41, 5.74) is -0.0504. The second-order valence-electron chi connectivity index (χ2n) is 9.69. The molecule has 2 heterocycles. The van der Waals surface area contributed by atoms with Gasteiger partial charge in [-0.05, 0) is 26.7 Å². The molecule has 2 saturated heterocycles.